The van der Waals surface area contributed by atoms with Gasteiger partial charge in [0.05, 0.1) is 44.5 Å². The molecule has 3 aromatic carbocycles. The van der Waals surface area contributed by atoms with Gasteiger partial charge in [0.15, 0.2) is 15.2 Å². The third kappa shape index (κ3) is 7.72. The van der Waals surface area contributed by atoms with Gasteiger partial charge in [0.25, 0.3) is 0 Å². The maximum atomic E-state index is 12.9. The van der Waals surface area contributed by atoms with Gasteiger partial charge in [-0.25, -0.2) is 18.9 Å². The molecule has 0 amide bonds. The van der Waals surface area contributed by atoms with Gasteiger partial charge < -0.3 is 5.11 Å². The summed E-state index contributed by atoms with van der Waals surface area (Å²) < 4.78 is 32.7. The van der Waals surface area contributed by atoms with Crippen molar-refractivity contribution in [3.05, 3.63) is 95.7 Å². The fourth-order valence-corrected chi connectivity index (χ4v) is 4.61. The lowest BCUT2D eigenvalue weighted by atomic mass is 10.2. The Morgan fingerprint density at radius 1 is 0.976 bits per heavy atom. The average Bonchev–Trinajstić information content (AvgIpc) is 2.95. The molecule has 0 aliphatic heterocycles. The minimum absolute atomic E-state index is 0.00136. The minimum Gasteiger partial charge on any atom is -0.501 e. The van der Waals surface area contributed by atoms with Crippen LogP contribution in [0.1, 0.15) is 0 Å². The molecule has 0 radical (unpaired) electrons. The second-order valence-electron chi connectivity index (χ2n) is 7.12. The predicted molar refractivity (Wildman–Crippen MR) is 140 cm³/mol. The molecule has 3 rings (SSSR count). The van der Waals surface area contributed by atoms with Crippen molar-refractivity contribution in [3.63, 3.8) is 0 Å². The van der Waals surface area contributed by atoms with E-state index in [1.165, 1.54) is 12.1 Å². The molecule has 3 aromatic rings. The Kier molecular flexibility index (Phi) is 10.6. The quantitative estimate of drug-likeness (QED) is 0.0590. The summed E-state index contributed by atoms with van der Waals surface area (Å²) in [7, 11) is -3.86. The summed E-state index contributed by atoms with van der Waals surface area (Å²) in [5.41, 5.74) is 1.73. The monoisotopic (exact) mass is 629 g/mol. The molecule has 0 heterocycles. The van der Waals surface area contributed by atoms with Crippen LogP contribution in [0.3, 0.4) is 0 Å². The van der Waals surface area contributed by atoms with E-state index in [1.54, 1.807) is 0 Å². The molecule has 0 spiro atoms. The van der Waals surface area contributed by atoms with Gasteiger partial charge in [0.1, 0.15) is 11.0 Å². The zero-order chi connectivity index (χ0) is 30.2. The van der Waals surface area contributed by atoms with Crippen LogP contribution in [0.2, 0.25) is 0 Å². The van der Waals surface area contributed by atoms with E-state index >= 15 is 0 Å². The summed E-state index contributed by atoms with van der Waals surface area (Å²) in [6, 6.07) is 7.48. The topological polar surface area (TPSA) is 258 Å². The highest BCUT2D eigenvalue weighted by molar-refractivity contribution is 7.95. The van der Waals surface area contributed by atoms with Crippen LogP contribution in [0.25, 0.3) is 0 Å². The third-order valence-electron chi connectivity index (χ3n) is 4.73. The molecule has 0 unspecified atom stereocenters. The molecule has 0 aliphatic rings. The Morgan fingerprint density at radius 3 is 2.32 bits per heavy atom. The first-order chi connectivity index (χ1) is 19.5. The van der Waals surface area contributed by atoms with Crippen molar-refractivity contribution in [1.82, 2.24) is 0 Å². The molecule has 0 bridgehead atoms. The van der Waals surface area contributed by atoms with Crippen molar-refractivity contribution in [2.75, 3.05) is 10.9 Å². The number of hydrogen-bond acceptors (Lipinski definition) is 19. The van der Waals surface area contributed by atoms with E-state index in [1.807, 2.05) is 0 Å². The van der Waals surface area contributed by atoms with E-state index in [0.717, 1.165) is 30.3 Å². The number of hydrogen-bond donors (Lipinski definition) is 5. The number of aromatic hydroxyl groups is 1. The number of nitro benzene ring substituents is 1. The van der Waals surface area contributed by atoms with E-state index in [9.17, 15) is 33.2 Å². The minimum atomic E-state index is -3.86. The molecule has 0 aromatic heterocycles. The van der Waals surface area contributed by atoms with E-state index in [2.05, 4.69) is 46.4 Å². The maximum Gasteiger partial charge on any atom is 0.314 e. The van der Waals surface area contributed by atoms with Gasteiger partial charge in [-0.2, -0.15) is 10.2 Å². The average molecular weight is 630 g/mol. The van der Waals surface area contributed by atoms with Gasteiger partial charge in [0, 0.05) is 16.4 Å². The summed E-state index contributed by atoms with van der Waals surface area (Å²) in [6.45, 7) is 3.22. The van der Waals surface area contributed by atoms with Crippen molar-refractivity contribution in [1.29, 1.82) is 0 Å². The number of benzene rings is 3. The third-order valence-corrected chi connectivity index (χ3v) is 7.29. The standard InChI is InChI=1S/C20H15N5O13S3/c1-2-41(33,34)11-3-4-12(17(9-11)40-38-36-32)21-24-18-16(26)6-5-13(20(18)28)22-23-14-7-10(39-37-35-31)8-15(19(14)27)25(29)30/h2-9,21,23,27,31-32H,1H2/b22-13-,24-18-. The summed E-state index contributed by atoms with van der Waals surface area (Å²) in [4.78, 5) is 35.4. The van der Waals surface area contributed by atoms with Crippen LogP contribution in [0.4, 0.5) is 17.1 Å². The fourth-order valence-electron chi connectivity index (χ4n) is 2.88. The van der Waals surface area contributed by atoms with Gasteiger partial charge in [0.2, 0.25) is 16.6 Å². The number of nitrogens with one attached hydrogen (secondary N) is 2. The Bertz CT molecular complexity index is 1810. The molecule has 21 heteroatoms. The molecule has 216 valence electrons. The van der Waals surface area contributed by atoms with Crippen LogP contribution < -0.4 is 32.4 Å². The first kappa shape index (κ1) is 31.3. The first-order valence-electron chi connectivity index (χ1n) is 10.3. The number of rotatable bonds is 13. The van der Waals surface area contributed by atoms with Crippen molar-refractivity contribution in [2.24, 2.45) is 10.2 Å². The van der Waals surface area contributed by atoms with Gasteiger partial charge in [-0.1, -0.05) is 16.7 Å². The van der Waals surface area contributed by atoms with Crippen LogP contribution in [-0.2, 0) is 28.6 Å². The lowest BCUT2D eigenvalue weighted by molar-refractivity contribution is -0.432. The molecule has 0 atom stereocenters. The highest BCUT2D eigenvalue weighted by Crippen LogP contribution is 2.38. The van der Waals surface area contributed by atoms with Crippen molar-refractivity contribution in [2.45, 2.75) is 14.7 Å². The molecule has 0 aliphatic carbocycles. The smallest absolute Gasteiger partial charge is 0.314 e. The summed E-state index contributed by atoms with van der Waals surface area (Å²) in [5.74, 6) is -0.853. The van der Waals surface area contributed by atoms with Crippen molar-refractivity contribution in [3.8, 4) is 5.75 Å². The molecule has 0 saturated heterocycles. The zero-order valence-electron chi connectivity index (χ0n) is 19.8. The molecule has 18 nitrogen and oxygen atoms in total. The highest BCUT2D eigenvalue weighted by Gasteiger charge is 2.20. The summed E-state index contributed by atoms with van der Waals surface area (Å²) in [6.07, 6.45) is 0. The SMILES string of the molecule is C=CS(=O)(=O)c1ccc(N/N=c2/c(=O)cc/c(=N/Nc3cc(SOOO)cc([N+](=O)[O-])c3O)c2=O)c(SOOO)c1. The molecule has 41 heavy (non-hydrogen) atoms. The van der Waals surface area contributed by atoms with Crippen LogP contribution in [0.5, 0.6) is 5.75 Å². The maximum absolute atomic E-state index is 12.9. The predicted octanol–water partition coefficient (Wildman–Crippen LogP) is 1.53. The van der Waals surface area contributed by atoms with Crippen molar-refractivity contribution >= 4 is 51.0 Å². The Hall–Kier alpha value is -4.19. The van der Waals surface area contributed by atoms with Crippen LogP contribution in [-0.4, -0.2) is 29.0 Å². The Labute approximate surface area is 235 Å². The number of nitrogens with zero attached hydrogens (tertiary/aromatic N) is 3. The second kappa shape index (κ2) is 13.9. The van der Waals surface area contributed by atoms with Crippen molar-refractivity contribution < 1.29 is 47.7 Å². The van der Waals surface area contributed by atoms with E-state index < -0.39 is 47.8 Å². The number of sulfone groups is 1. The number of anilines is 2. The summed E-state index contributed by atoms with van der Waals surface area (Å²) in [5, 5.41) is 52.4. The number of phenolic OH excluding ortho intramolecular Hbond substituents is 1. The number of phenols is 1. The van der Waals surface area contributed by atoms with Gasteiger partial charge in [-0.05, 0) is 36.4 Å². The van der Waals surface area contributed by atoms with E-state index in [0.29, 0.717) is 29.5 Å². The second-order valence-corrected chi connectivity index (χ2v) is 10.5. The largest absolute Gasteiger partial charge is 0.501 e. The molecular formula is C20H15N5O13S3. The molecule has 0 fully saturated rings. The lowest BCUT2D eigenvalue weighted by Gasteiger charge is -2.08. The molecule has 5 N–H and O–H groups in total. The molecular weight excluding hydrogens is 614 g/mol. The normalized spacial score (nSPS) is 12.3. The lowest BCUT2D eigenvalue weighted by Crippen LogP contribution is -2.48. The molecule has 0 saturated carbocycles. The highest BCUT2D eigenvalue weighted by atomic mass is 32.2. The number of nitro groups is 1. The van der Waals surface area contributed by atoms with E-state index in [-0.39, 0.29) is 26.1 Å². The van der Waals surface area contributed by atoms with Crippen LogP contribution in [0, 0.1) is 10.1 Å². The fraction of sp³-hybridized carbons (Fsp3) is 0. The summed E-state index contributed by atoms with van der Waals surface area (Å²) >= 11 is 0.720. The van der Waals surface area contributed by atoms with Gasteiger partial charge >= 0.3 is 5.69 Å². The zero-order valence-corrected chi connectivity index (χ0v) is 22.3. The van der Waals surface area contributed by atoms with E-state index in [4.69, 9.17) is 10.5 Å². The van der Waals surface area contributed by atoms with Gasteiger partial charge in [-0.3, -0.25) is 30.6 Å². The Balaban J connectivity index is 2.03. The van der Waals surface area contributed by atoms with Gasteiger partial charge in [-0.15, -0.1) is 8.67 Å². The Morgan fingerprint density at radius 2 is 1.66 bits per heavy atom. The van der Waals surface area contributed by atoms with Crippen LogP contribution in [0.15, 0.2) is 88.9 Å². The first-order valence-corrected chi connectivity index (χ1v) is 13.3. The van der Waals surface area contributed by atoms with Crippen LogP contribution >= 0.6 is 24.1 Å².